The summed E-state index contributed by atoms with van der Waals surface area (Å²) in [7, 11) is 0. The molecule has 0 aromatic heterocycles. The monoisotopic (exact) mass is 522 g/mol. The molecule has 5 rings (SSSR count). The van der Waals surface area contributed by atoms with Crippen molar-refractivity contribution in [1.29, 1.82) is 0 Å². The third-order valence-corrected chi connectivity index (χ3v) is 10.9. The molecule has 4 aliphatic rings. The van der Waals surface area contributed by atoms with E-state index in [0.717, 1.165) is 36.7 Å². The number of allylic oxidation sites excluding steroid dienone is 1. The number of hydrogen-bond donors (Lipinski definition) is 1. The number of hydrogen-bond acceptors (Lipinski definition) is 4. The zero-order chi connectivity index (χ0) is 27.0. The normalized spacial score (nSPS) is 28.4. The number of likely N-dealkylation sites (tertiary alicyclic amines) is 2. The summed E-state index contributed by atoms with van der Waals surface area (Å²) in [5.74, 6) is 1.67. The van der Waals surface area contributed by atoms with Gasteiger partial charge in [0, 0.05) is 29.5 Å². The highest BCUT2D eigenvalue weighted by molar-refractivity contribution is 5.55. The van der Waals surface area contributed by atoms with Gasteiger partial charge < -0.3 is 14.7 Å². The van der Waals surface area contributed by atoms with E-state index in [1.807, 2.05) is 12.1 Å². The quantitative estimate of drug-likeness (QED) is 0.266. The zero-order valence-corrected chi connectivity index (χ0v) is 25.0. The SMILES string of the molecule is CCCCCCC(C)(C)[C@]12CC(CN3CCC(N4CCCC4)CC3)=CC[C@@H]1C(C)(C)Oc1cccc(O)c12. The maximum atomic E-state index is 11.4. The lowest BCUT2D eigenvalue weighted by Gasteiger charge is -2.61. The zero-order valence-electron chi connectivity index (χ0n) is 25.0. The number of phenolic OH excluding ortho intramolecular Hbond substituents is 1. The van der Waals surface area contributed by atoms with Gasteiger partial charge >= 0.3 is 0 Å². The molecule has 0 unspecified atom stereocenters. The third kappa shape index (κ3) is 5.17. The number of rotatable bonds is 9. The van der Waals surface area contributed by atoms with Gasteiger partial charge in [0.05, 0.1) is 0 Å². The average Bonchev–Trinajstić information content (AvgIpc) is 3.42. The summed E-state index contributed by atoms with van der Waals surface area (Å²) in [6.45, 7) is 18.0. The van der Waals surface area contributed by atoms with Crippen LogP contribution in [-0.2, 0) is 5.41 Å². The predicted octanol–water partition coefficient (Wildman–Crippen LogP) is 7.69. The van der Waals surface area contributed by atoms with Gasteiger partial charge in [-0.05, 0) is 103 Å². The minimum atomic E-state index is -0.280. The smallest absolute Gasteiger partial charge is 0.127 e. The first-order valence-electron chi connectivity index (χ1n) is 15.8. The van der Waals surface area contributed by atoms with Crippen molar-refractivity contribution >= 4 is 0 Å². The summed E-state index contributed by atoms with van der Waals surface area (Å²) in [6, 6.07) is 6.75. The fraction of sp³-hybridized carbons (Fsp3) is 0.765. The summed E-state index contributed by atoms with van der Waals surface area (Å²) in [6.07, 6.45) is 16.3. The lowest BCUT2D eigenvalue weighted by molar-refractivity contribution is -0.0762. The Labute approximate surface area is 232 Å². The molecule has 38 heavy (non-hydrogen) atoms. The molecule has 0 bridgehead atoms. The van der Waals surface area contributed by atoms with Crippen molar-refractivity contribution in [2.75, 3.05) is 32.7 Å². The Morgan fingerprint density at radius 2 is 1.76 bits per heavy atom. The molecule has 1 aromatic carbocycles. The highest BCUT2D eigenvalue weighted by Crippen LogP contribution is 2.65. The van der Waals surface area contributed by atoms with Crippen molar-refractivity contribution in [3.63, 3.8) is 0 Å². The lowest BCUT2D eigenvalue weighted by atomic mass is 9.46. The summed E-state index contributed by atoms with van der Waals surface area (Å²) in [4.78, 5) is 5.47. The molecule has 1 N–H and O–H groups in total. The highest BCUT2D eigenvalue weighted by atomic mass is 16.5. The summed E-state index contributed by atoms with van der Waals surface area (Å²) >= 11 is 0. The Morgan fingerprint density at radius 1 is 1.03 bits per heavy atom. The molecule has 2 fully saturated rings. The topological polar surface area (TPSA) is 35.9 Å². The molecule has 4 heteroatoms. The van der Waals surface area contributed by atoms with E-state index in [-0.39, 0.29) is 16.4 Å². The van der Waals surface area contributed by atoms with E-state index >= 15 is 0 Å². The van der Waals surface area contributed by atoms with Gasteiger partial charge in [-0.1, -0.05) is 64.2 Å². The predicted molar refractivity (Wildman–Crippen MR) is 158 cm³/mol. The Balaban J connectivity index is 1.42. The number of unbranched alkanes of at least 4 members (excludes halogenated alkanes) is 3. The van der Waals surface area contributed by atoms with Gasteiger partial charge in [-0.15, -0.1) is 0 Å². The van der Waals surface area contributed by atoms with E-state index in [1.165, 1.54) is 84.0 Å². The summed E-state index contributed by atoms with van der Waals surface area (Å²) < 4.78 is 6.67. The van der Waals surface area contributed by atoms with Crippen LogP contribution >= 0.6 is 0 Å². The molecule has 0 saturated carbocycles. The highest BCUT2D eigenvalue weighted by Gasteiger charge is 2.61. The molecule has 212 valence electrons. The van der Waals surface area contributed by atoms with Crippen LogP contribution in [0.2, 0.25) is 0 Å². The van der Waals surface area contributed by atoms with Crippen LogP contribution in [0.3, 0.4) is 0 Å². The van der Waals surface area contributed by atoms with Gasteiger partial charge in [-0.3, -0.25) is 4.90 Å². The summed E-state index contributed by atoms with van der Waals surface area (Å²) in [5.41, 5.74) is 2.29. The third-order valence-electron chi connectivity index (χ3n) is 10.9. The molecule has 3 aliphatic heterocycles. The second-order valence-electron chi connectivity index (χ2n) is 14.1. The molecular formula is C34H54N2O2. The number of nitrogens with zero attached hydrogens (tertiary/aromatic N) is 2. The van der Waals surface area contributed by atoms with Gasteiger partial charge in [-0.2, -0.15) is 0 Å². The maximum Gasteiger partial charge on any atom is 0.127 e. The van der Waals surface area contributed by atoms with Crippen molar-refractivity contribution in [2.24, 2.45) is 11.3 Å². The molecule has 0 radical (unpaired) electrons. The van der Waals surface area contributed by atoms with Crippen LogP contribution < -0.4 is 4.74 Å². The van der Waals surface area contributed by atoms with Gasteiger partial charge in [0.2, 0.25) is 0 Å². The largest absolute Gasteiger partial charge is 0.508 e. The molecule has 3 heterocycles. The number of piperidine rings is 1. The van der Waals surface area contributed by atoms with Crippen LogP contribution in [0.5, 0.6) is 11.5 Å². The van der Waals surface area contributed by atoms with E-state index < -0.39 is 0 Å². The van der Waals surface area contributed by atoms with Gasteiger partial charge in [0.25, 0.3) is 0 Å². The van der Waals surface area contributed by atoms with Gasteiger partial charge in [0.1, 0.15) is 17.1 Å². The van der Waals surface area contributed by atoms with Crippen molar-refractivity contribution < 1.29 is 9.84 Å². The van der Waals surface area contributed by atoms with Crippen LogP contribution in [0.15, 0.2) is 29.8 Å². The van der Waals surface area contributed by atoms with E-state index in [9.17, 15) is 5.11 Å². The molecule has 0 spiro atoms. The van der Waals surface area contributed by atoms with Crippen molar-refractivity contribution in [3.05, 3.63) is 35.4 Å². The molecule has 4 nitrogen and oxygen atoms in total. The molecule has 2 atom stereocenters. The van der Waals surface area contributed by atoms with Crippen molar-refractivity contribution in [2.45, 2.75) is 122 Å². The van der Waals surface area contributed by atoms with E-state index in [2.05, 4.69) is 56.6 Å². The first-order chi connectivity index (χ1) is 18.2. The molecular weight excluding hydrogens is 468 g/mol. The fourth-order valence-electron chi connectivity index (χ4n) is 8.81. The second-order valence-corrected chi connectivity index (χ2v) is 14.1. The first kappa shape index (κ1) is 28.0. The van der Waals surface area contributed by atoms with Crippen LogP contribution in [-0.4, -0.2) is 59.3 Å². The van der Waals surface area contributed by atoms with Crippen LogP contribution in [0, 0.1) is 11.3 Å². The van der Waals surface area contributed by atoms with Gasteiger partial charge in [-0.25, -0.2) is 0 Å². The van der Waals surface area contributed by atoms with Crippen LogP contribution in [0.4, 0.5) is 0 Å². The maximum absolute atomic E-state index is 11.4. The molecule has 0 amide bonds. The number of fused-ring (bicyclic) bond motifs is 3. The van der Waals surface area contributed by atoms with Crippen LogP contribution in [0.1, 0.15) is 111 Å². The van der Waals surface area contributed by atoms with E-state index in [0.29, 0.717) is 11.7 Å². The fourth-order valence-corrected chi connectivity index (χ4v) is 8.81. The Morgan fingerprint density at radius 3 is 2.47 bits per heavy atom. The van der Waals surface area contributed by atoms with Crippen molar-refractivity contribution in [1.82, 2.24) is 9.80 Å². The first-order valence-corrected chi connectivity index (χ1v) is 15.8. The minimum Gasteiger partial charge on any atom is -0.508 e. The van der Waals surface area contributed by atoms with Gasteiger partial charge in [0.15, 0.2) is 0 Å². The molecule has 1 aliphatic carbocycles. The Hall–Kier alpha value is -1.52. The number of aromatic hydroxyl groups is 1. The molecule has 1 aromatic rings. The lowest BCUT2D eigenvalue weighted by Crippen LogP contribution is -2.61. The number of benzene rings is 1. The number of phenols is 1. The van der Waals surface area contributed by atoms with E-state index in [1.54, 1.807) is 5.57 Å². The minimum absolute atomic E-state index is 0.0439. The van der Waals surface area contributed by atoms with Crippen molar-refractivity contribution in [3.8, 4) is 11.5 Å². The van der Waals surface area contributed by atoms with Crippen LogP contribution in [0.25, 0.3) is 0 Å². The average molecular weight is 523 g/mol. The van der Waals surface area contributed by atoms with E-state index in [4.69, 9.17) is 4.74 Å². The Bertz CT molecular complexity index is 984. The standard InChI is InChI=1S/C34H54N2O2/c1-6-7-8-9-19-32(2,3)34-24-26(25-35-22-17-27(18-23-35)36-20-10-11-21-36)15-16-30(34)33(4,5)38-29-14-12-13-28(37)31(29)34/h12-15,27,30,37H,6-11,16-25H2,1-5H3/t30-,34-/m1/s1. The molecule has 2 saturated heterocycles. The Kier molecular flexibility index (Phi) is 8.23. The second kappa shape index (κ2) is 11.2. The number of ether oxygens (including phenoxy) is 1. The summed E-state index contributed by atoms with van der Waals surface area (Å²) in [5, 5.41) is 11.4.